The van der Waals surface area contributed by atoms with Crippen molar-refractivity contribution in [1.82, 2.24) is 16.0 Å². The van der Waals surface area contributed by atoms with Crippen molar-refractivity contribution in [3.63, 3.8) is 0 Å². The fraction of sp³-hybridized carbons (Fsp3) is 0.907. The van der Waals surface area contributed by atoms with Crippen molar-refractivity contribution in [3.8, 4) is 0 Å². The second-order valence-corrected chi connectivity index (χ2v) is 19.3. The Hall–Kier alpha value is -1.33. The van der Waals surface area contributed by atoms with Crippen LogP contribution in [0.4, 0.5) is 0 Å². The molecule has 0 aliphatic carbocycles. The molecule has 0 saturated carbocycles. The highest BCUT2D eigenvalue weighted by Gasteiger charge is 2.24. The number of nitrogens with two attached hydrogens (primary N) is 2. The van der Waals surface area contributed by atoms with Crippen LogP contribution in [0.25, 0.3) is 0 Å². The van der Waals surface area contributed by atoms with Gasteiger partial charge < -0.3 is 41.4 Å². The summed E-state index contributed by atoms with van der Waals surface area (Å²) in [6.07, 6.45) is 50.0. The van der Waals surface area contributed by atoms with Crippen LogP contribution in [-0.2, 0) is 14.3 Å². The summed E-state index contributed by atoms with van der Waals surface area (Å²) < 4.78 is 13.6. The molecule has 1 unspecified atom stereocenters. The average molecular weight is 893 g/mol. The number of rotatable bonds is 52. The first-order valence-electron chi connectivity index (χ1n) is 27.3. The number of allylic oxidation sites excluding steroid dienone is 4. The molecule has 9 nitrogen and oxygen atoms in total. The van der Waals surface area contributed by atoms with Crippen LogP contribution in [0.3, 0.4) is 0 Å². The Bertz CT molecular complexity index is 979. The van der Waals surface area contributed by atoms with Gasteiger partial charge in [0.15, 0.2) is 0 Å². The first-order valence-corrected chi connectivity index (χ1v) is 27.3. The summed E-state index contributed by atoms with van der Waals surface area (Å²) in [4.78, 5) is 13.3. The van der Waals surface area contributed by atoms with Crippen molar-refractivity contribution in [2.24, 2.45) is 11.5 Å². The number of amides is 1. The topological polar surface area (TPSA) is 124 Å². The van der Waals surface area contributed by atoms with Crippen LogP contribution in [0.5, 0.6) is 0 Å². The van der Waals surface area contributed by atoms with E-state index >= 15 is 0 Å². The fourth-order valence-corrected chi connectivity index (χ4v) is 8.15. The van der Waals surface area contributed by atoms with Gasteiger partial charge >= 0.3 is 0 Å². The maximum Gasteiger partial charge on any atom is 0.237 e. The van der Waals surface area contributed by atoms with Gasteiger partial charge in [0.25, 0.3) is 0 Å². The summed E-state index contributed by atoms with van der Waals surface area (Å²) in [6, 6.07) is -0.203. The third kappa shape index (κ3) is 47.0. The van der Waals surface area contributed by atoms with E-state index in [4.69, 9.17) is 20.9 Å². The molecule has 0 fully saturated rings. The van der Waals surface area contributed by atoms with E-state index in [1.54, 1.807) is 0 Å². The molecule has 0 aliphatic rings. The van der Waals surface area contributed by atoms with E-state index in [1.807, 2.05) is 0 Å². The van der Waals surface area contributed by atoms with Gasteiger partial charge in [-0.15, -0.1) is 0 Å². The van der Waals surface area contributed by atoms with Gasteiger partial charge in [0.2, 0.25) is 5.91 Å². The molecule has 63 heavy (non-hydrogen) atoms. The third-order valence-electron chi connectivity index (χ3n) is 12.3. The Kier molecular flexibility index (Phi) is 49.0. The molecule has 0 aromatic carbocycles. The number of quaternary nitrogens is 1. The largest absolute Gasteiger partial charge is 0.379 e. The molecular formula is C54H111N6O3+. The van der Waals surface area contributed by atoms with Gasteiger partial charge in [-0.3, -0.25) is 4.79 Å². The first kappa shape index (κ1) is 61.7. The van der Waals surface area contributed by atoms with Crippen molar-refractivity contribution in [2.45, 2.75) is 231 Å². The second kappa shape index (κ2) is 50.1. The first-order chi connectivity index (χ1) is 30.9. The molecular weight excluding hydrogens is 781 g/mol. The number of nitrogens with zero attached hydrogens (tertiary/aromatic N) is 1. The van der Waals surface area contributed by atoms with Crippen LogP contribution in [0.15, 0.2) is 24.3 Å². The van der Waals surface area contributed by atoms with Crippen molar-refractivity contribution in [2.75, 3.05) is 86.3 Å². The standard InChI is InChI=1S/C54H110N6O3/c1-5-7-9-11-13-15-17-19-21-23-25-27-29-31-33-35-48-62-51-52(63-49-36-34-32-30-28-26-24-22-20-18-16-14-12-10-8-6-2)50-60(3,4)47-46-59-54(61)53(58-45-39-42-56)40-37-43-57-44-38-41-55/h19-22,52-53,57-58H,5-18,23-51,55-56H2,1-4H3/p+1/b21-19+,22-20+/t52?,53-/m0/s1. The van der Waals surface area contributed by atoms with Gasteiger partial charge in [0.05, 0.1) is 39.8 Å². The summed E-state index contributed by atoms with van der Waals surface area (Å²) in [6.45, 7) is 13.0. The Morgan fingerprint density at radius 3 is 1.49 bits per heavy atom. The van der Waals surface area contributed by atoms with Crippen LogP contribution in [0, 0.1) is 0 Å². The quantitative estimate of drug-likeness (QED) is 0.0234. The Morgan fingerprint density at radius 2 is 0.984 bits per heavy atom. The van der Waals surface area contributed by atoms with Crippen molar-refractivity contribution in [1.29, 1.82) is 0 Å². The summed E-state index contributed by atoms with van der Waals surface area (Å²) in [5.74, 6) is 0.0840. The minimum Gasteiger partial charge on any atom is -0.379 e. The molecule has 0 bridgehead atoms. The Balaban J connectivity index is 4.64. The van der Waals surface area contributed by atoms with E-state index < -0.39 is 0 Å². The molecule has 0 aromatic heterocycles. The lowest BCUT2D eigenvalue weighted by Crippen LogP contribution is -2.52. The molecule has 0 rings (SSSR count). The molecule has 9 heteroatoms. The lowest BCUT2D eigenvalue weighted by Gasteiger charge is -2.33. The molecule has 1 amide bonds. The highest BCUT2D eigenvalue weighted by atomic mass is 16.5. The minimum absolute atomic E-state index is 0.0467. The smallest absolute Gasteiger partial charge is 0.237 e. The third-order valence-corrected chi connectivity index (χ3v) is 12.3. The van der Waals surface area contributed by atoms with E-state index in [1.165, 1.54) is 167 Å². The van der Waals surface area contributed by atoms with Gasteiger partial charge in [0.1, 0.15) is 12.6 Å². The van der Waals surface area contributed by atoms with Crippen LogP contribution >= 0.6 is 0 Å². The van der Waals surface area contributed by atoms with Crippen molar-refractivity contribution >= 4 is 5.91 Å². The normalized spacial score (nSPS) is 13.2. The molecule has 0 spiro atoms. The van der Waals surface area contributed by atoms with E-state index in [2.05, 4.69) is 68.2 Å². The zero-order valence-corrected chi connectivity index (χ0v) is 42.7. The molecule has 0 heterocycles. The number of hydrogen-bond donors (Lipinski definition) is 5. The fourth-order valence-electron chi connectivity index (χ4n) is 8.15. The molecule has 0 radical (unpaired) electrons. The zero-order valence-electron chi connectivity index (χ0n) is 42.7. The summed E-state index contributed by atoms with van der Waals surface area (Å²) in [7, 11) is 4.50. The lowest BCUT2D eigenvalue weighted by atomic mass is 10.1. The summed E-state index contributed by atoms with van der Waals surface area (Å²) in [5, 5.41) is 10.1. The lowest BCUT2D eigenvalue weighted by molar-refractivity contribution is -0.892. The van der Waals surface area contributed by atoms with Gasteiger partial charge in [-0.1, -0.05) is 154 Å². The van der Waals surface area contributed by atoms with Gasteiger partial charge in [-0.25, -0.2) is 0 Å². The minimum atomic E-state index is -0.203. The SMILES string of the molecule is CCCCCCCC/C=C/CCCCCCCCOCC(C[N+](C)(C)CCNC(=O)[C@H](CCCNCCCN)NCCCN)OCCCCCCCC/C=C/CCCCCCCC. The molecule has 0 saturated heterocycles. The predicted octanol–water partition coefficient (Wildman–Crippen LogP) is 11.7. The molecule has 0 aliphatic heterocycles. The number of ether oxygens (including phenoxy) is 2. The highest BCUT2D eigenvalue weighted by molar-refractivity contribution is 5.81. The number of hydrogen-bond acceptors (Lipinski definition) is 7. The van der Waals surface area contributed by atoms with Gasteiger partial charge in [-0.2, -0.15) is 0 Å². The number of carbonyl (C=O) groups is 1. The van der Waals surface area contributed by atoms with E-state index in [0.717, 1.165) is 88.9 Å². The van der Waals surface area contributed by atoms with Crippen molar-refractivity contribution in [3.05, 3.63) is 24.3 Å². The monoisotopic (exact) mass is 892 g/mol. The summed E-state index contributed by atoms with van der Waals surface area (Å²) >= 11 is 0. The van der Waals surface area contributed by atoms with E-state index in [-0.39, 0.29) is 18.1 Å². The summed E-state index contributed by atoms with van der Waals surface area (Å²) in [5.41, 5.74) is 11.4. The van der Waals surface area contributed by atoms with Crippen LogP contribution in [0.1, 0.15) is 219 Å². The second-order valence-electron chi connectivity index (χ2n) is 19.3. The van der Waals surface area contributed by atoms with Crippen molar-refractivity contribution < 1.29 is 18.8 Å². The number of carbonyl (C=O) groups excluding carboxylic acids is 1. The maximum absolute atomic E-state index is 13.3. The Labute approximate surface area is 392 Å². The predicted molar refractivity (Wildman–Crippen MR) is 276 cm³/mol. The molecule has 2 atom stereocenters. The van der Waals surface area contributed by atoms with E-state index in [0.29, 0.717) is 26.2 Å². The molecule has 7 N–H and O–H groups in total. The number of unbranched alkanes of at least 4 members (excludes halogenated alkanes) is 24. The number of likely N-dealkylation sites (N-methyl/N-ethyl adjacent to an activating group) is 1. The maximum atomic E-state index is 13.3. The molecule has 0 aromatic rings. The number of nitrogens with one attached hydrogen (secondary N) is 3. The highest BCUT2D eigenvalue weighted by Crippen LogP contribution is 2.13. The van der Waals surface area contributed by atoms with Gasteiger partial charge in [0, 0.05) is 13.2 Å². The van der Waals surface area contributed by atoms with Crippen LogP contribution < -0.4 is 27.4 Å². The average Bonchev–Trinajstić information content (AvgIpc) is 3.27. The Morgan fingerprint density at radius 1 is 0.540 bits per heavy atom. The van der Waals surface area contributed by atoms with Crippen LogP contribution in [-0.4, -0.2) is 109 Å². The zero-order chi connectivity index (χ0) is 46.0. The van der Waals surface area contributed by atoms with E-state index in [9.17, 15) is 4.79 Å². The van der Waals surface area contributed by atoms with Crippen LogP contribution in [0.2, 0.25) is 0 Å². The van der Waals surface area contributed by atoms with Gasteiger partial charge in [-0.05, 0) is 123 Å². The molecule has 374 valence electrons.